The molecule has 0 saturated carbocycles. The SMILES string of the molecule is CC(=O)c1cccc(OCCCCCCCCOC(=O)Cc2ccc(N(C)C)cc2)c1. The summed E-state index contributed by atoms with van der Waals surface area (Å²) in [6, 6.07) is 15.3. The van der Waals surface area contributed by atoms with Crippen LogP contribution in [0.5, 0.6) is 5.75 Å². The summed E-state index contributed by atoms with van der Waals surface area (Å²) in [7, 11) is 3.99. The number of nitrogens with zero attached hydrogens (tertiary/aromatic N) is 1. The lowest BCUT2D eigenvalue weighted by atomic mass is 10.1. The van der Waals surface area contributed by atoms with Crippen molar-refractivity contribution in [1.29, 1.82) is 0 Å². The molecule has 0 atom stereocenters. The van der Waals surface area contributed by atoms with Crippen LogP contribution in [0.15, 0.2) is 48.5 Å². The average molecular weight is 426 g/mol. The van der Waals surface area contributed by atoms with Gasteiger partial charge in [0.15, 0.2) is 5.78 Å². The second-order valence-electron chi connectivity index (χ2n) is 8.01. The van der Waals surface area contributed by atoms with Crippen molar-refractivity contribution in [2.75, 3.05) is 32.2 Å². The average Bonchev–Trinajstić information content (AvgIpc) is 2.75. The lowest BCUT2D eigenvalue weighted by Crippen LogP contribution is -2.10. The molecule has 0 spiro atoms. The van der Waals surface area contributed by atoms with Crippen LogP contribution in [0.3, 0.4) is 0 Å². The van der Waals surface area contributed by atoms with Gasteiger partial charge in [-0.15, -0.1) is 0 Å². The van der Waals surface area contributed by atoms with Crippen molar-refractivity contribution in [3.63, 3.8) is 0 Å². The summed E-state index contributed by atoms with van der Waals surface area (Å²) in [5.74, 6) is 0.640. The molecule has 0 aliphatic rings. The summed E-state index contributed by atoms with van der Waals surface area (Å²) in [5.41, 5.74) is 2.78. The zero-order valence-electron chi connectivity index (χ0n) is 19.1. The van der Waals surface area contributed by atoms with Crippen LogP contribution < -0.4 is 9.64 Å². The summed E-state index contributed by atoms with van der Waals surface area (Å²) in [6.07, 6.45) is 6.66. The first kappa shape index (κ1) is 24.4. The number of ketones is 1. The summed E-state index contributed by atoms with van der Waals surface area (Å²) in [4.78, 5) is 25.4. The van der Waals surface area contributed by atoms with E-state index in [0.29, 0.717) is 25.2 Å². The first-order valence-corrected chi connectivity index (χ1v) is 11.1. The Kier molecular flexibility index (Phi) is 10.6. The van der Waals surface area contributed by atoms with E-state index in [0.717, 1.165) is 55.5 Å². The molecule has 5 nitrogen and oxygen atoms in total. The van der Waals surface area contributed by atoms with Gasteiger partial charge in [0.1, 0.15) is 5.75 Å². The van der Waals surface area contributed by atoms with Crippen LogP contribution in [0.1, 0.15) is 61.4 Å². The van der Waals surface area contributed by atoms with E-state index in [2.05, 4.69) is 0 Å². The van der Waals surface area contributed by atoms with Crippen LogP contribution in [0.2, 0.25) is 0 Å². The van der Waals surface area contributed by atoms with E-state index in [1.54, 1.807) is 19.1 Å². The number of carbonyl (C=O) groups is 2. The molecule has 2 aromatic rings. The zero-order valence-corrected chi connectivity index (χ0v) is 19.1. The van der Waals surface area contributed by atoms with Crippen LogP contribution in [-0.2, 0) is 16.0 Å². The van der Waals surface area contributed by atoms with Crippen molar-refractivity contribution in [1.82, 2.24) is 0 Å². The Morgan fingerprint density at radius 1 is 0.839 bits per heavy atom. The highest BCUT2D eigenvalue weighted by Crippen LogP contribution is 2.15. The molecule has 2 aromatic carbocycles. The normalized spacial score (nSPS) is 10.5. The summed E-state index contributed by atoms with van der Waals surface area (Å²) in [5, 5.41) is 0. The fourth-order valence-electron chi connectivity index (χ4n) is 3.22. The minimum absolute atomic E-state index is 0.0507. The predicted molar refractivity (Wildman–Crippen MR) is 125 cm³/mol. The predicted octanol–water partition coefficient (Wildman–Crippen LogP) is 5.46. The molecule has 0 fully saturated rings. The number of Topliss-reactive ketones (excluding diaryl/α,β-unsaturated/α-hetero) is 1. The molecule has 0 aliphatic carbocycles. The molecule has 0 bridgehead atoms. The largest absolute Gasteiger partial charge is 0.494 e. The number of rotatable bonds is 14. The van der Waals surface area contributed by atoms with Crippen molar-refractivity contribution >= 4 is 17.4 Å². The molecule has 5 heteroatoms. The van der Waals surface area contributed by atoms with E-state index in [1.165, 1.54) is 0 Å². The van der Waals surface area contributed by atoms with Crippen molar-refractivity contribution < 1.29 is 19.1 Å². The molecular weight excluding hydrogens is 390 g/mol. The van der Waals surface area contributed by atoms with Crippen LogP contribution in [0.4, 0.5) is 5.69 Å². The third-order valence-corrected chi connectivity index (χ3v) is 5.11. The van der Waals surface area contributed by atoms with Crippen molar-refractivity contribution in [2.45, 2.75) is 51.9 Å². The van der Waals surface area contributed by atoms with E-state index in [9.17, 15) is 9.59 Å². The summed E-state index contributed by atoms with van der Waals surface area (Å²) >= 11 is 0. The maximum atomic E-state index is 11.9. The van der Waals surface area contributed by atoms with Crippen molar-refractivity contribution in [2.24, 2.45) is 0 Å². The number of esters is 1. The van der Waals surface area contributed by atoms with Crippen LogP contribution in [0, 0.1) is 0 Å². The molecule has 0 aromatic heterocycles. The highest BCUT2D eigenvalue weighted by molar-refractivity contribution is 5.94. The van der Waals surface area contributed by atoms with Gasteiger partial charge in [-0.3, -0.25) is 9.59 Å². The second-order valence-corrected chi connectivity index (χ2v) is 8.01. The Labute approximate surface area is 186 Å². The number of hydrogen-bond donors (Lipinski definition) is 0. The lowest BCUT2D eigenvalue weighted by Gasteiger charge is -2.12. The molecule has 2 rings (SSSR count). The Hall–Kier alpha value is -2.82. The molecule has 0 unspecified atom stereocenters. The quantitative estimate of drug-likeness (QED) is 0.228. The molecule has 168 valence electrons. The minimum Gasteiger partial charge on any atom is -0.494 e. The first-order valence-electron chi connectivity index (χ1n) is 11.1. The Bertz CT molecular complexity index is 814. The Morgan fingerprint density at radius 2 is 1.48 bits per heavy atom. The molecule has 0 heterocycles. The van der Waals surface area contributed by atoms with Gasteiger partial charge in [0, 0.05) is 25.3 Å². The van der Waals surface area contributed by atoms with Crippen molar-refractivity contribution in [3.8, 4) is 5.75 Å². The number of ether oxygens (including phenoxy) is 2. The highest BCUT2D eigenvalue weighted by atomic mass is 16.5. The smallest absolute Gasteiger partial charge is 0.310 e. The maximum absolute atomic E-state index is 11.9. The van der Waals surface area contributed by atoms with E-state index < -0.39 is 0 Å². The van der Waals surface area contributed by atoms with Crippen LogP contribution in [0.25, 0.3) is 0 Å². The van der Waals surface area contributed by atoms with Crippen LogP contribution in [-0.4, -0.2) is 39.1 Å². The highest BCUT2D eigenvalue weighted by Gasteiger charge is 2.05. The van der Waals surface area contributed by atoms with Gasteiger partial charge in [-0.1, -0.05) is 49.9 Å². The number of anilines is 1. The van der Waals surface area contributed by atoms with Gasteiger partial charge in [-0.25, -0.2) is 0 Å². The fourth-order valence-corrected chi connectivity index (χ4v) is 3.22. The number of benzene rings is 2. The molecule has 0 amide bonds. The molecule has 0 aliphatic heterocycles. The van der Waals surface area contributed by atoms with Gasteiger partial charge < -0.3 is 14.4 Å². The van der Waals surface area contributed by atoms with Gasteiger partial charge >= 0.3 is 5.97 Å². The van der Waals surface area contributed by atoms with E-state index in [-0.39, 0.29) is 11.8 Å². The third-order valence-electron chi connectivity index (χ3n) is 5.11. The van der Waals surface area contributed by atoms with Gasteiger partial charge in [0.25, 0.3) is 0 Å². The van der Waals surface area contributed by atoms with Gasteiger partial charge in [-0.05, 0) is 49.6 Å². The van der Waals surface area contributed by atoms with Gasteiger partial charge in [0.05, 0.1) is 19.6 Å². The molecule has 0 radical (unpaired) electrons. The molecule has 0 saturated heterocycles. The number of carbonyl (C=O) groups excluding carboxylic acids is 2. The van der Waals surface area contributed by atoms with E-state index in [1.807, 2.05) is 55.4 Å². The standard InChI is InChI=1S/C26H35NO4/c1-21(28)23-11-10-12-25(20-23)30-17-8-6-4-5-7-9-18-31-26(29)19-22-13-15-24(16-14-22)27(2)3/h10-16,20H,4-9,17-19H2,1-3H3. The first-order chi connectivity index (χ1) is 15.0. The van der Waals surface area contributed by atoms with Gasteiger partial charge in [-0.2, -0.15) is 0 Å². The van der Waals surface area contributed by atoms with E-state index in [4.69, 9.17) is 9.47 Å². The number of unbranched alkanes of at least 4 members (excludes halogenated alkanes) is 5. The van der Waals surface area contributed by atoms with E-state index >= 15 is 0 Å². The third kappa shape index (κ3) is 9.69. The Morgan fingerprint density at radius 3 is 2.13 bits per heavy atom. The zero-order chi connectivity index (χ0) is 22.5. The maximum Gasteiger partial charge on any atom is 0.310 e. The topological polar surface area (TPSA) is 55.8 Å². The summed E-state index contributed by atoms with van der Waals surface area (Å²) in [6.45, 7) is 2.71. The summed E-state index contributed by atoms with van der Waals surface area (Å²) < 4.78 is 11.1. The van der Waals surface area contributed by atoms with Crippen molar-refractivity contribution in [3.05, 3.63) is 59.7 Å². The molecular formula is C26H35NO4. The monoisotopic (exact) mass is 425 g/mol. The van der Waals surface area contributed by atoms with Gasteiger partial charge in [0.2, 0.25) is 0 Å². The molecule has 0 N–H and O–H groups in total. The lowest BCUT2D eigenvalue weighted by molar-refractivity contribution is -0.142. The second kappa shape index (κ2) is 13.5. The Balaban J connectivity index is 1.46. The fraction of sp³-hybridized carbons (Fsp3) is 0.462. The minimum atomic E-state index is -0.163. The van der Waals surface area contributed by atoms with Crippen LogP contribution >= 0.6 is 0 Å². The molecule has 31 heavy (non-hydrogen) atoms. The number of hydrogen-bond acceptors (Lipinski definition) is 5.